The second kappa shape index (κ2) is 12.5. The van der Waals surface area contributed by atoms with Crippen LogP contribution < -0.4 is 20.8 Å². The standard InChI is InChI=1S/C25H22Cl2N4O4/c1-2-17-7-3-4-9-22(17)30-24(33)25(34)31-28-14-16-6-5-8-21(10-16)35-15-23(32)29-20-12-18(26)11-19(27)13-20/h3-14H,2,15H2,1H3,(H,29,32)(H,30,33)(H,31,34)/b28-14-. The lowest BCUT2D eigenvalue weighted by Gasteiger charge is -2.09. The van der Waals surface area contributed by atoms with Gasteiger partial charge in [-0.3, -0.25) is 14.4 Å². The molecular weight excluding hydrogens is 491 g/mol. The smallest absolute Gasteiger partial charge is 0.329 e. The fourth-order valence-electron chi connectivity index (χ4n) is 3.00. The quantitative estimate of drug-likeness (QED) is 0.231. The Morgan fingerprint density at radius 2 is 1.66 bits per heavy atom. The normalized spacial score (nSPS) is 10.6. The van der Waals surface area contributed by atoms with Crippen LogP contribution in [0, 0.1) is 0 Å². The van der Waals surface area contributed by atoms with E-state index in [9.17, 15) is 14.4 Å². The predicted octanol–water partition coefficient (Wildman–Crippen LogP) is 4.66. The Bertz CT molecular complexity index is 1240. The van der Waals surface area contributed by atoms with Crippen LogP contribution in [0.5, 0.6) is 5.75 Å². The molecule has 3 aromatic rings. The third kappa shape index (κ3) is 8.13. The van der Waals surface area contributed by atoms with Gasteiger partial charge in [-0.25, -0.2) is 5.43 Å². The molecule has 8 nitrogen and oxygen atoms in total. The molecule has 0 aromatic heterocycles. The summed E-state index contributed by atoms with van der Waals surface area (Å²) in [5, 5.41) is 9.83. The number of rotatable bonds is 8. The van der Waals surface area contributed by atoms with Crippen LogP contribution in [0.2, 0.25) is 10.0 Å². The SMILES string of the molecule is CCc1ccccc1NC(=O)C(=O)N/N=C\c1cccc(OCC(=O)Nc2cc(Cl)cc(Cl)c2)c1. The summed E-state index contributed by atoms with van der Waals surface area (Å²) < 4.78 is 5.50. The third-order valence-corrected chi connectivity index (χ3v) is 5.04. The van der Waals surface area contributed by atoms with Crippen LogP contribution >= 0.6 is 23.2 Å². The van der Waals surface area contributed by atoms with Crippen LogP contribution in [0.3, 0.4) is 0 Å². The van der Waals surface area contributed by atoms with Gasteiger partial charge in [-0.2, -0.15) is 5.10 Å². The summed E-state index contributed by atoms with van der Waals surface area (Å²) in [4.78, 5) is 36.3. The fourth-order valence-corrected chi connectivity index (χ4v) is 3.53. The number of benzene rings is 3. The van der Waals surface area contributed by atoms with Crippen molar-refractivity contribution in [1.82, 2.24) is 5.43 Å². The van der Waals surface area contributed by atoms with Crippen LogP contribution in [-0.2, 0) is 20.8 Å². The number of amides is 3. The van der Waals surface area contributed by atoms with E-state index in [1.54, 1.807) is 54.6 Å². The van der Waals surface area contributed by atoms with Crippen molar-refractivity contribution in [2.24, 2.45) is 5.10 Å². The molecule has 0 aliphatic carbocycles. The van der Waals surface area contributed by atoms with Gasteiger partial charge in [-0.1, -0.05) is 60.5 Å². The maximum Gasteiger partial charge on any atom is 0.329 e. The molecule has 3 rings (SSSR count). The molecule has 0 fully saturated rings. The molecule has 0 heterocycles. The third-order valence-electron chi connectivity index (χ3n) is 4.61. The summed E-state index contributed by atoms with van der Waals surface area (Å²) in [6.45, 7) is 1.70. The summed E-state index contributed by atoms with van der Waals surface area (Å²) in [6, 6.07) is 18.6. The van der Waals surface area contributed by atoms with E-state index in [1.165, 1.54) is 6.21 Å². The summed E-state index contributed by atoms with van der Waals surface area (Å²) in [5.74, 6) is -1.72. The van der Waals surface area contributed by atoms with Crippen molar-refractivity contribution >= 4 is 58.5 Å². The molecule has 0 bridgehead atoms. The minimum absolute atomic E-state index is 0.249. The number of halogens is 2. The molecule has 0 radical (unpaired) electrons. The molecule has 0 atom stereocenters. The Hall–Kier alpha value is -3.88. The number of para-hydroxylation sites is 1. The number of ether oxygens (including phenoxy) is 1. The van der Waals surface area contributed by atoms with Gasteiger partial charge >= 0.3 is 11.8 Å². The summed E-state index contributed by atoms with van der Waals surface area (Å²) in [6.07, 6.45) is 2.07. The van der Waals surface area contributed by atoms with Gasteiger partial charge in [-0.05, 0) is 53.9 Å². The van der Waals surface area contributed by atoms with Gasteiger partial charge < -0.3 is 15.4 Å². The number of hydrogen-bond donors (Lipinski definition) is 3. The van der Waals surface area contributed by atoms with Gasteiger partial charge in [0, 0.05) is 21.4 Å². The van der Waals surface area contributed by atoms with Crippen molar-refractivity contribution in [2.75, 3.05) is 17.2 Å². The summed E-state index contributed by atoms with van der Waals surface area (Å²) >= 11 is 11.8. The van der Waals surface area contributed by atoms with Crippen LogP contribution in [0.25, 0.3) is 0 Å². The van der Waals surface area contributed by atoms with E-state index < -0.39 is 17.7 Å². The minimum atomic E-state index is -0.905. The first-order valence-electron chi connectivity index (χ1n) is 10.5. The molecule has 180 valence electrons. The zero-order chi connectivity index (χ0) is 25.2. The number of carbonyl (C=O) groups is 3. The molecule has 0 saturated heterocycles. The van der Waals surface area contributed by atoms with E-state index in [2.05, 4.69) is 21.2 Å². The van der Waals surface area contributed by atoms with E-state index >= 15 is 0 Å². The average Bonchev–Trinajstić information content (AvgIpc) is 2.82. The van der Waals surface area contributed by atoms with Crippen LogP contribution in [0.1, 0.15) is 18.1 Å². The van der Waals surface area contributed by atoms with E-state index in [0.29, 0.717) is 39.2 Å². The largest absolute Gasteiger partial charge is 0.484 e. The number of nitrogens with one attached hydrogen (secondary N) is 3. The first-order chi connectivity index (χ1) is 16.8. The van der Waals surface area contributed by atoms with Gasteiger partial charge in [0.25, 0.3) is 5.91 Å². The Labute approximate surface area is 212 Å². The highest BCUT2D eigenvalue weighted by Crippen LogP contribution is 2.22. The number of hydrazone groups is 1. The Morgan fingerprint density at radius 1 is 0.914 bits per heavy atom. The van der Waals surface area contributed by atoms with E-state index in [4.69, 9.17) is 27.9 Å². The second-order valence-electron chi connectivity index (χ2n) is 7.23. The van der Waals surface area contributed by atoms with E-state index in [-0.39, 0.29) is 6.61 Å². The van der Waals surface area contributed by atoms with E-state index in [0.717, 1.165) is 5.56 Å². The lowest BCUT2D eigenvalue weighted by atomic mass is 10.1. The molecule has 3 N–H and O–H groups in total. The number of carbonyl (C=O) groups excluding carboxylic acids is 3. The highest BCUT2D eigenvalue weighted by molar-refractivity contribution is 6.39. The highest BCUT2D eigenvalue weighted by atomic mass is 35.5. The lowest BCUT2D eigenvalue weighted by molar-refractivity contribution is -0.136. The molecule has 0 aliphatic rings. The molecular formula is C25H22Cl2N4O4. The molecule has 0 saturated carbocycles. The van der Waals surface area contributed by atoms with Crippen LogP contribution in [0.15, 0.2) is 71.8 Å². The molecule has 10 heteroatoms. The van der Waals surface area contributed by atoms with Crippen LogP contribution in [-0.4, -0.2) is 30.5 Å². The number of anilines is 2. The van der Waals surface area contributed by atoms with Gasteiger partial charge in [0.2, 0.25) is 0 Å². The van der Waals surface area contributed by atoms with Crippen molar-refractivity contribution in [1.29, 1.82) is 0 Å². The number of hydrogen-bond acceptors (Lipinski definition) is 5. The Balaban J connectivity index is 1.50. The summed E-state index contributed by atoms with van der Waals surface area (Å²) in [5.41, 5.74) is 4.72. The number of nitrogens with zero attached hydrogens (tertiary/aromatic N) is 1. The molecule has 0 unspecified atom stereocenters. The maximum atomic E-state index is 12.1. The first kappa shape index (κ1) is 25.7. The molecule has 0 spiro atoms. The Kier molecular flexibility index (Phi) is 9.23. The van der Waals surface area contributed by atoms with E-state index in [1.807, 2.05) is 19.1 Å². The second-order valence-corrected chi connectivity index (χ2v) is 8.10. The van der Waals surface area contributed by atoms with Crippen molar-refractivity contribution in [3.8, 4) is 5.75 Å². The topological polar surface area (TPSA) is 109 Å². The highest BCUT2D eigenvalue weighted by Gasteiger charge is 2.14. The van der Waals surface area contributed by atoms with Crippen molar-refractivity contribution in [3.63, 3.8) is 0 Å². The van der Waals surface area contributed by atoms with Crippen molar-refractivity contribution in [3.05, 3.63) is 87.9 Å². The van der Waals surface area contributed by atoms with Crippen molar-refractivity contribution < 1.29 is 19.1 Å². The lowest BCUT2D eigenvalue weighted by Crippen LogP contribution is -2.32. The van der Waals surface area contributed by atoms with Gasteiger partial charge in [0.05, 0.1) is 6.21 Å². The Morgan fingerprint density at radius 3 is 2.40 bits per heavy atom. The molecule has 35 heavy (non-hydrogen) atoms. The average molecular weight is 513 g/mol. The van der Waals surface area contributed by atoms with Crippen LogP contribution in [0.4, 0.5) is 11.4 Å². The summed E-state index contributed by atoms with van der Waals surface area (Å²) in [7, 11) is 0. The monoisotopic (exact) mass is 512 g/mol. The maximum absolute atomic E-state index is 12.1. The molecule has 3 amide bonds. The molecule has 0 aliphatic heterocycles. The van der Waals surface area contributed by atoms with Crippen molar-refractivity contribution in [2.45, 2.75) is 13.3 Å². The van der Waals surface area contributed by atoms with Gasteiger partial charge in [0.15, 0.2) is 6.61 Å². The number of aryl methyl sites for hydroxylation is 1. The molecule has 3 aromatic carbocycles. The van der Waals surface area contributed by atoms with Gasteiger partial charge in [0.1, 0.15) is 5.75 Å². The fraction of sp³-hybridized carbons (Fsp3) is 0.120. The zero-order valence-electron chi connectivity index (χ0n) is 18.7. The zero-order valence-corrected chi connectivity index (χ0v) is 20.2. The predicted molar refractivity (Wildman–Crippen MR) is 137 cm³/mol. The minimum Gasteiger partial charge on any atom is -0.484 e. The first-order valence-corrected chi connectivity index (χ1v) is 11.3. The van der Waals surface area contributed by atoms with Gasteiger partial charge in [-0.15, -0.1) is 0 Å².